The average molecular weight is 296 g/mol. The van der Waals surface area contributed by atoms with Gasteiger partial charge in [-0.25, -0.2) is 13.6 Å². The molecule has 1 unspecified atom stereocenters. The van der Waals surface area contributed by atoms with Gasteiger partial charge in [0.05, 0.1) is 12.6 Å². The predicted molar refractivity (Wildman–Crippen MR) is 68.5 cm³/mol. The van der Waals surface area contributed by atoms with Crippen molar-refractivity contribution in [3.8, 4) is 5.75 Å². The summed E-state index contributed by atoms with van der Waals surface area (Å²) in [5.41, 5.74) is 5.81. The Morgan fingerprint density at radius 2 is 2.11 bits per heavy atom. The number of phenols is 1. The smallest absolute Gasteiger partial charge is 0.342 e. The zero-order chi connectivity index (χ0) is 13.9. The molecule has 3 N–H and O–H groups in total. The number of carbonyl (C=O) groups excluding carboxylic acids is 1. The fourth-order valence-corrected chi connectivity index (χ4v) is 1.54. The largest absolute Gasteiger partial charge is 0.505 e. The first-order valence-corrected chi connectivity index (χ1v) is 5.43. The maximum atomic E-state index is 13.7. The van der Waals surface area contributed by atoms with Gasteiger partial charge < -0.3 is 15.6 Å². The van der Waals surface area contributed by atoms with E-state index in [2.05, 4.69) is 4.74 Å². The van der Waals surface area contributed by atoms with Crippen molar-refractivity contribution in [3.63, 3.8) is 0 Å². The van der Waals surface area contributed by atoms with Crippen LogP contribution in [0, 0.1) is 12.7 Å². The van der Waals surface area contributed by atoms with Gasteiger partial charge in [-0.3, -0.25) is 0 Å². The van der Waals surface area contributed by atoms with Gasteiger partial charge in [0.2, 0.25) is 6.17 Å². The number of phenolic OH excluding ortho intramolecular Hbond substituents is 1. The Morgan fingerprint density at radius 1 is 1.53 bits per heavy atom. The number of rotatable bonds is 4. The molecule has 0 saturated carbocycles. The zero-order valence-corrected chi connectivity index (χ0v) is 11.3. The molecule has 7 heteroatoms. The van der Waals surface area contributed by atoms with Crippen LogP contribution in [0.1, 0.15) is 24.1 Å². The van der Waals surface area contributed by atoms with Gasteiger partial charge in [0, 0.05) is 5.56 Å². The third kappa shape index (κ3) is 4.04. The quantitative estimate of drug-likeness (QED) is 0.835. The average Bonchev–Trinajstić information content (AvgIpc) is 2.32. The van der Waals surface area contributed by atoms with Crippen molar-refractivity contribution in [2.75, 3.05) is 6.61 Å². The van der Waals surface area contributed by atoms with Crippen LogP contribution < -0.4 is 5.73 Å². The van der Waals surface area contributed by atoms with E-state index in [1.54, 1.807) is 6.92 Å². The number of halogens is 3. The lowest BCUT2D eigenvalue weighted by atomic mass is 9.99. The van der Waals surface area contributed by atoms with Gasteiger partial charge in [0.25, 0.3) is 0 Å². The fraction of sp³-hybridized carbons (Fsp3) is 0.417. The lowest BCUT2D eigenvalue weighted by Gasteiger charge is -2.17. The number of nitrogens with two attached hydrogens (primary N) is 1. The Hall–Kier alpha value is -1.40. The van der Waals surface area contributed by atoms with Crippen molar-refractivity contribution in [2.24, 2.45) is 5.73 Å². The monoisotopic (exact) mass is 295 g/mol. The summed E-state index contributed by atoms with van der Waals surface area (Å²) < 4.78 is 31.4. The van der Waals surface area contributed by atoms with E-state index in [1.807, 2.05) is 0 Å². The summed E-state index contributed by atoms with van der Waals surface area (Å²) >= 11 is 0. The van der Waals surface area contributed by atoms with Gasteiger partial charge in [0.1, 0.15) is 0 Å². The Labute approximate surface area is 116 Å². The van der Waals surface area contributed by atoms with Crippen LogP contribution in [0.3, 0.4) is 0 Å². The van der Waals surface area contributed by atoms with Crippen LogP contribution in [0.15, 0.2) is 12.1 Å². The van der Waals surface area contributed by atoms with E-state index >= 15 is 0 Å². The summed E-state index contributed by atoms with van der Waals surface area (Å²) in [4.78, 5) is 11.2. The van der Waals surface area contributed by atoms with Crippen molar-refractivity contribution in [1.82, 2.24) is 0 Å². The number of aromatic hydroxyl groups is 1. The van der Waals surface area contributed by atoms with E-state index in [1.165, 1.54) is 13.0 Å². The van der Waals surface area contributed by atoms with Gasteiger partial charge in [0.15, 0.2) is 11.6 Å². The highest BCUT2D eigenvalue weighted by Crippen LogP contribution is 2.30. The highest BCUT2D eigenvalue weighted by Gasteiger charge is 2.30. The maximum absolute atomic E-state index is 13.7. The molecule has 0 fully saturated rings. The van der Waals surface area contributed by atoms with E-state index < -0.39 is 29.7 Å². The maximum Gasteiger partial charge on any atom is 0.342 e. The van der Waals surface area contributed by atoms with Gasteiger partial charge in [-0.2, -0.15) is 0 Å². The minimum absolute atomic E-state index is 0. The van der Waals surface area contributed by atoms with E-state index in [0.717, 1.165) is 6.07 Å². The van der Waals surface area contributed by atoms with Crippen LogP contribution in [-0.2, 0) is 9.53 Å². The Bertz CT molecular complexity index is 457. The van der Waals surface area contributed by atoms with Crippen molar-refractivity contribution in [3.05, 3.63) is 29.1 Å². The highest BCUT2D eigenvalue weighted by molar-refractivity contribution is 5.85. The molecule has 0 spiro atoms. The Balaban J connectivity index is 0.00000324. The standard InChI is InChI=1S/C12H15F2NO3.ClH/c1-3-18-12(17)9(14)10(15)7-4-6(2)5-8(13)11(7)16;/h4-5,9-10,16H,3,15H2,1-2H3;1H/t9?,10-;/m1./s1. The van der Waals surface area contributed by atoms with Crippen molar-refractivity contribution >= 4 is 18.4 Å². The SMILES string of the molecule is CCOC(=O)C(F)[C@H](N)c1cc(C)cc(F)c1O.Cl. The third-order valence-corrected chi connectivity index (χ3v) is 2.42. The molecule has 0 aromatic heterocycles. The van der Waals surface area contributed by atoms with Crippen molar-refractivity contribution in [1.29, 1.82) is 0 Å². The second-order valence-corrected chi connectivity index (χ2v) is 3.86. The molecule has 1 aromatic carbocycles. The van der Waals surface area contributed by atoms with Crippen LogP contribution in [0.4, 0.5) is 8.78 Å². The number of aryl methyl sites for hydroxylation is 1. The summed E-state index contributed by atoms with van der Waals surface area (Å²) in [6, 6.07) is 0.941. The molecule has 2 atom stereocenters. The van der Waals surface area contributed by atoms with E-state index in [0.29, 0.717) is 5.56 Å². The van der Waals surface area contributed by atoms with Gasteiger partial charge >= 0.3 is 5.97 Å². The summed E-state index contributed by atoms with van der Waals surface area (Å²) in [7, 11) is 0. The minimum Gasteiger partial charge on any atom is -0.505 e. The number of hydrogen-bond acceptors (Lipinski definition) is 4. The molecular formula is C12H16ClF2NO3. The molecule has 0 heterocycles. The lowest BCUT2D eigenvalue weighted by molar-refractivity contribution is -0.149. The van der Waals surface area contributed by atoms with Crippen LogP contribution >= 0.6 is 12.4 Å². The number of alkyl halides is 1. The van der Waals surface area contributed by atoms with Crippen LogP contribution in [0.2, 0.25) is 0 Å². The van der Waals surface area contributed by atoms with Crippen LogP contribution in [0.25, 0.3) is 0 Å². The topological polar surface area (TPSA) is 72.5 Å². The van der Waals surface area contributed by atoms with Gasteiger partial charge in [-0.1, -0.05) is 6.07 Å². The van der Waals surface area contributed by atoms with Gasteiger partial charge in [-0.15, -0.1) is 12.4 Å². The molecule has 1 aromatic rings. The van der Waals surface area contributed by atoms with Crippen molar-refractivity contribution in [2.45, 2.75) is 26.1 Å². The second-order valence-electron chi connectivity index (χ2n) is 3.86. The van der Waals surface area contributed by atoms with Gasteiger partial charge in [-0.05, 0) is 25.5 Å². The first-order chi connectivity index (χ1) is 8.38. The fourth-order valence-electron chi connectivity index (χ4n) is 1.54. The molecule has 4 nitrogen and oxygen atoms in total. The summed E-state index contributed by atoms with van der Waals surface area (Å²) in [6.07, 6.45) is -2.16. The number of esters is 1. The summed E-state index contributed by atoms with van der Waals surface area (Å²) in [6.45, 7) is 3.11. The molecule has 19 heavy (non-hydrogen) atoms. The number of carbonyl (C=O) groups is 1. The number of hydrogen-bond donors (Lipinski definition) is 2. The normalized spacial score (nSPS) is 13.3. The first kappa shape index (κ1) is 17.6. The molecule has 0 radical (unpaired) electrons. The molecule has 0 aliphatic carbocycles. The predicted octanol–water partition coefficient (Wildman–Crippen LogP) is 2.16. The zero-order valence-electron chi connectivity index (χ0n) is 10.5. The van der Waals surface area contributed by atoms with Crippen LogP contribution in [0.5, 0.6) is 5.75 Å². The molecule has 0 aliphatic rings. The summed E-state index contributed by atoms with van der Waals surface area (Å²) in [5.74, 6) is -2.79. The number of benzene rings is 1. The molecule has 0 saturated heterocycles. The molecule has 0 bridgehead atoms. The number of ether oxygens (including phenoxy) is 1. The second kappa shape index (κ2) is 7.25. The molecule has 0 amide bonds. The highest BCUT2D eigenvalue weighted by atomic mass is 35.5. The Morgan fingerprint density at radius 3 is 2.63 bits per heavy atom. The molecule has 0 aliphatic heterocycles. The van der Waals surface area contributed by atoms with E-state index in [4.69, 9.17) is 5.73 Å². The first-order valence-electron chi connectivity index (χ1n) is 5.43. The van der Waals surface area contributed by atoms with Crippen molar-refractivity contribution < 1.29 is 23.4 Å². The molecular weight excluding hydrogens is 280 g/mol. The third-order valence-electron chi connectivity index (χ3n) is 2.42. The minimum atomic E-state index is -2.16. The molecule has 1 rings (SSSR count). The van der Waals surface area contributed by atoms with E-state index in [-0.39, 0.29) is 24.6 Å². The Kier molecular flexibility index (Phi) is 6.72. The lowest BCUT2D eigenvalue weighted by Crippen LogP contribution is -2.31. The van der Waals surface area contributed by atoms with Crippen LogP contribution in [-0.4, -0.2) is 23.9 Å². The summed E-state index contributed by atoms with van der Waals surface area (Å²) in [5, 5.41) is 9.48. The molecule has 108 valence electrons. The van der Waals surface area contributed by atoms with E-state index in [9.17, 15) is 18.7 Å².